The summed E-state index contributed by atoms with van der Waals surface area (Å²) in [5, 5.41) is 31.4. The molecule has 0 aliphatic heterocycles. The van der Waals surface area contributed by atoms with Gasteiger partial charge in [0.2, 0.25) is 0 Å². The van der Waals surface area contributed by atoms with Gasteiger partial charge in [-0.3, -0.25) is 14.4 Å². The number of rotatable bonds is 35. The number of aliphatic carboxylic acids is 3. The number of carboxylic acid groups (broad SMARTS) is 3. The van der Waals surface area contributed by atoms with Gasteiger partial charge in [-0.05, 0) is 82.5 Å². The molecule has 266 valence electrons. The molecule has 0 aromatic heterocycles. The number of carbonyl (C=O) groups is 3. The zero-order valence-corrected chi connectivity index (χ0v) is 29.5. The van der Waals surface area contributed by atoms with Gasteiger partial charge in [0, 0.05) is 0 Å². The van der Waals surface area contributed by atoms with E-state index in [2.05, 4.69) is 26.7 Å². The van der Waals surface area contributed by atoms with Crippen molar-refractivity contribution >= 4 is 17.9 Å². The monoisotopic (exact) mass is 647 g/mol. The molecule has 0 aliphatic carbocycles. The van der Waals surface area contributed by atoms with Crippen molar-refractivity contribution in [3.8, 4) is 0 Å². The van der Waals surface area contributed by atoms with Gasteiger partial charge in [-0.15, -0.1) is 19.7 Å². The van der Waals surface area contributed by atoms with E-state index in [0.717, 1.165) is 128 Å². The zero-order valence-electron chi connectivity index (χ0n) is 29.5. The Kier molecular flexibility index (Phi) is 28.4. The van der Waals surface area contributed by atoms with Crippen LogP contribution in [0.4, 0.5) is 0 Å². The predicted octanol–water partition coefficient (Wildman–Crippen LogP) is 11.7. The van der Waals surface area contributed by atoms with Crippen LogP contribution in [0.1, 0.15) is 167 Å². The summed E-state index contributed by atoms with van der Waals surface area (Å²) in [5.74, 6) is -5.56. The summed E-state index contributed by atoms with van der Waals surface area (Å²) in [6.45, 7) is 13.4. The lowest BCUT2D eigenvalue weighted by molar-refractivity contribution is -0.153. The first-order valence-corrected chi connectivity index (χ1v) is 18.8. The summed E-state index contributed by atoms with van der Waals surface area (Å²) >= 11 is 0. The molecule has 6 heteroatoms. The number of carboxylic acids is 3. The van der Waals surface area contributed by atoms with Crippen LogP contribution < -0.4 is 0 Å². The van der Waals surface area contributed by atoms with Crippen LogP contribution in [0, 0.1) is 29.6 Å². The topological polar surface area (TPSA) is 112 Å². The van der Waals surface area contributed by atoms with E-state index in [4.69, 9.17) is 0 Å². The van der Waals surface area contributed by atoms with Gasteiger partial charge in [-0.2, -0.15) is 0 Å². The van der Waals surface area contributed by atoms with E-state index in [9.17, 15) is 29.7 Å². The zero-order chi connectivity index (χ0) is 34.4. The molecule has 5 atom stereocenters. The van der Waals surface area contributed by atoms with E-state index >= 15 is 0 Å². The Labute approximate surface area is 282 Å². The van der Waals surface area contributed by atoms with Crippen molar-refractivity contribution < 1.29 is 29.7 Å². The minimum Gasteiger partial charge on any atom is -0.481 e. The number of unbranched alkanes of at least 4 members (excludes halogenated alkanes) is 16. The Hall–Kier alpha value is -2.37. The van der Waals surface area contributed by atoms with Crippen molar-refractivity contribution in [3.63, 3.8) is 0 Å². The van der Waals surface area contributed by atoms with Crippen molar-refractivity contribution in [3.05, 3.63) is 38.0 Å². The van der Waals surface area contributed by atoms with Crippen LogP contribution in [0.15, 0.2) is 38.0 Å². The van der Waals surface area contributed by atoms with Crippen molar-refractivity contribution in [1.82, 2.24) is 0 Å². The summed E-state index contributed by atoms with van der Waals surface area (Å²) in [4.78, 5) is 38.4. The molecule has 0 aromatic rings. The highest BCUT2D eigenvalue weighted by Gasteiger charge is 2.42. The van der Waals surface area contributed by atoms with E-state index in [1.807, 2.05) is 18.2 Å². The maximum atomic E-state index is 12.9. The van der Waals surface area contributed by atoms with Crippen LogP contribution in [-0.4, -0.2) is 33.2 Å². The largest absolute Gasteiger partial charge is 0.481 e. The lowest BCUT2D eigenvalue weighted by atomic mass is 9.66. The molecule has 0 aliphatic rings. The summed E-state index contributed by atoms with van der Waals surface area (Å²) in [5.41, 5.74) is 0. The third-order valence-corrected chi connectivity index (χ3v) is 9.82. The van der Waals surface area contributed by atoms with Crippen molar-refractivity contribution in [1.29, 1.82) is 0 Å². The predicted molar refractivity (Wildman–Crippen MR) is 192 cm³/mol. The second kappa shape index (κ2) is 30.0. The van der Waals surface area contributed by atoms with Crippen LogP contribution in [0.5, 0.6) is 0 Å². The molecule has 0 saturated heterocycles. The Morgan fingerprint density at radius 2 is 0.848 bits per heavy atom. The van der Waals surface area contributed by atoms with Crippen LogP contribution in [-0.2, 0) is 14.4 Å². The van der Waals surface area contributed by atoms with Gasteiger partial charge in [0.15, 0.2) is 0 Å². The quantitative estimate of drug-likeness (QED) is 0.0466. The molecule has 0 fully saturated rings. The minimum atomic E-state index is -0.907. The number of hydrogen-bond donors (Lipinski definition) is 3. The maximum Gasteiger partial charge on any atom is 0.306 e. The molecular formula is C40H70O6. The smallest absolute Gasteiger partial charge is 0.306 e. The van der Waals surface area contributed by atoms with Gasteiger partial charge in [-0.25, -0.2) is 0 Å². The third kappa shape index (κ3) is 21.4. The fourth-order valence-electron chi connectivity index (χ4n) is 7.08. The molecule has 0 aromatic carbocycles. The molecule has 3 N–H and O–H groups in total. The first kappa shape index (κ1) is 43.6. The van der Waals surface area contributed by atoms with Gasteiger partial charge in [-0.1, -0.05) is 115 Å². The number of allylic oxidation sites excluding steroid dienone is 3. The van der Waals surface area contributed by atoms with Crippen molar-refractivity contribution in [2.45, 2.75) is 167 Å². The van der Waals surface area contributed by atoms with Gasteiger partial charge in [0.05, 0.1) is 17.8 Å². The lowest BCUT2D eigenvalue weighted by Crippen LogP contribution is -2.38. The van der Waals surface area contributed by atoms with E-state index in [1.54, 1.807) is 0 Å². The molecular weight excluding hydrogens is 576 g/mol. The van der Waals surface area contributed by atoms with Crippen molar-refractivity contribution in [2.24, 2.45) is 29.6 Å². The first-order valence-electron chi connectivity index (χ1n) is 18.8. The SMILES string of the molecule is C=CCCCCCCCC(CC(C(CCCCCCCC=C)C(=O)O)C(CCCC)C(CCCCCCCC=C)C(=O)O)C(=O)O. The third-order valence-electron chi connectivity index (χ3n) is 9.82. The first-order chi connectivity index (χ1) is 22.2. The molecule has 0 radical (unpaired) electrons. The molecule has 0 amide bonds. The molecule has 5 unspecified atom stereocenters. The highest BCUT2D eigenvalue weighted by Crippen LogP contribution is 2.41. The summed E-state index contributed by atoms with van der Waals surface area (Å²) in [6, 6.07) is 0. The van der Waals surface area contributed by atoms with Crippen LogP contribution in [0.25, 0.3) is 0 Å². The standard InChI is InChI=1S/C40H70O6/c1-5-9-13-16-19-22-25-28-33(38(41)42)32-37(36(40(45)46)31-27-24-21-18-15-11-7-3)34(29-12-8-4)35(39(43)44)30-26-23-20-17-14-10-6-2/h5-7,33-37H,1-3,8-32H2,4H3,(H,41,42)(H,43,44)(H,45,46). The van der Waals surface area contributed by atoms with Crippen molar-refractivity contribution in [2.75, 3.05) is 0 Å². The fourth-order valence-corrected chi connectivity index (χ4v) is 7.08. The maximum absolute atomic E-state index is 12.9. The molecule has 6 nitrogen and oxygen atoms in total. The van der Waals surface area contributed by atoms with Crippen LogP contribution in [0.2, 0.25) is 0 Å². The fraction of sp³-hybridized carbons (Fsp3) is 0.775. The number of hydrogen-bond acceptors (Lipinski definition) is 3. The minimum absolute atomic E-state index is 0.238. The molecule has 0 heterocycles. The van der Waals surface area contributed by atoms with Gasteiger partial charge in [0.25, 0.3) is 0 Å². The Morgan fingerprint density at radius 3 is 1.22 bits per heavy atom. The average Bonchev–Trinajstić information content (AvgIpc) is 3.02. The highest BCUT2D eigenvalue weighted by molar-refractivity contribution is 5.73. The lowest BCUT2D eigenvalue weighted by Gasteiger charge is -2.37. The second-order valence-electron chi connectivity index (χ2n) is 13.5. The Balaban J connectivity index is 6.03. The van der Waals surface area contributed by atoms with Crippen LogP contribution >= 0.6 is 0 Å². The normalized spacial score (nSPS) is 14.5. The van der Waals surface area contributed by atoms with Gasteiger partial charge >= 0.3 is 17.9 Å². The molecule has 0 spiro atoms. The molecule has 0 rings (SSSR count). The van der Waals surface area contributed by atoms with Gasteiger partial charge in [0.1, 0.15) is 0 Å². The average molecular weight is 647 g/mol. The Bertz CT molecular complexity index is 821. The summed E-state index contributed by atoms with van der Waals surface area (Å²) in [7, 11) is 0. The Morgan fingerprint density at radius 1 is 0.478 bits per heavy atom. The van der Waals surface area contributed by atoms with E-state index in [1.165, 1.54) is 0 Å². The molecule has 0 saturated carbocycles. The van der Waals surface area contributed by atoms with Gasteiger partial charge < -0.3 is 15.3 Å². The molecule has 46 heavy (non-hydrogen) atoms. The van der Waals surface area contributed by atoms with E-state index < -0.39 is 41.6 Å². The summed E-state index contributed by atoms with van der Waals surface area (Å²) < 4.78 is 0. The molecule has 0 bridgehead atoms. The summed E-state index contributed by atoms with van der Waals surface area (Å²) in [6.07, 6.45) is 27.6. The van der Waals surface area contributed by atoms with E-state index in [0.29, 0.717) is 25.7 Å². The van der Waals surface area contributed by atoms with Crippen LogP contribution in [0.3, 0.4) is 0 Å². The highest BCUT2D eigenvalue weighted by atomic mass is 16.4. The van der Waals surface area contributed by atoms with E-state index in [-0.39, 0.29) is 12.3 Å². The second-order valence-corrected chi connectivity index (χ2v) is 13.5.